The van der Waals surface area contributed by atoms with Crippen LogP contribution in [0.5, 0.6) is 0 Å². The molecule has 122 valence electrons. The molecule has 0 unspecified atom stereocenters. The van der Waals surface area contributed by atoms with Crippen LogP contribution >= 0.6 is 0 Å². The van der Waals surface area contributed by atoms with E-state index in [4.69, 9.17) is 0 Å². The predicted octanol–water partition coefficient (Wildman–Crippen LogP) is 3.49. The number of carbonyl (C=O) groups excluding carboxylic acids is 1. The van der Waals surface area contributed by atoms with Crippen LogP contribution in [0.15, 0.2) is 53.4 Å². The SMILES string of the molecule is CC(=O)c1ccc(-c2ccc(S(=O)(=O)NCC(C)C)cc2)cc1. The maximum absolute atomic E-state index is 12.2. The van der Waals surface area contributed by atoms with Crippen LogP contribution < -0.4 is 4.72 Å². The minimum absolute atomic E-state index is 0.0224. The lowest BCUT2D eigenvalue weighted by atomic mass is 10.0. The Balaban J connectivity index is 2.20. The van der Waals surface area contributed by atoms with Gasteiger partial charge in [0.15, 0.2) is 5.78 Å². The predicted molar refractivity (Wildman–Crippen MR) is 91.9 cm³/mol. The Morgan fingerprint density at radius 3 is 1.87 bits per heavy atom. The molecular formula is C18H21NO3S. The van der Waals surface area contributed by atoms with Crippen molar-refractivity contribution < 1.29 is 13.2 Å². The normalized spacial score (nSPS) is 11.7. The molecule has 0 saturated carbocycles. The van der Waals surface area contributed by atoms with Crippen molar-refractivity contribution in [1.29, 1.82) is 0 Å². The summed E-state index contributed by atoms with van der Waals surface area (Å²) in [5.74, 6) is 0.276. The molecule has 2 rings (SSSR count). The number of Topliss-reactive ketones (excluding diaryl/α,β-unsaturated/α-hetero) is 1. The number of hydrogen-bond donors (Lipinski definition) is 1. The van der Waals surface area contributed by atoms with E-state index in [1.807, 2.05) is 26.0 Å². The summed E-state index contributed by atoms with van der Waals surface area (Å²) < 4.78 is 26.9. The lowest BCUT2D eigenvalue weighted by Crippen LogP contribution is -2.27. The van der Waals surface area contributed by atoms with E-state index in [9.17, 15) is 13.2 Å². The van der Waals surface area contributed by atoms with Gasteiger partial charge in [-0.3, -0.25) is 4.79 Å². The van der Waals surface area contributed by atoms with Crippen molar-refractivity contribution in [2.24, 2.45) is 5.92 Å². The molecule has 1 N–H and O–H groups in total. The fraction of sp³-hybridized carbons (Fsp3) is 0.278. The Hall–Kier alpha value is -1.98. The molecular weight excluding hydrogens is 310 g/mol. The Kier molecular flexibility index (Phi) is 5.34. The van der Waals surface area contributed by atoms with Gasteiger partial charge in [-0.15, -0.1) is 0 Å². The molecule has 4 nitrogen and oxygen atoms in total. The monoisotopic (exact) mass is 331 g/mol. The van der Waals surface area contributed by atoms with Crippen molar-refractivity contribution >= 4 is 15.8 Å². The van der Waals surface area contributed by atoms with E-state index in [1.165, 1.54) is 6.92 Å². The second-order valence-electron chi connectivity index (χ2n) is 5.90. The summed E-state index contributed by atoms with van der Waals surface area (Å²) in [7, 11) is -3.47. The highest BCUT2D eigenvalue weighted by Crippen LogP contribution is 2.22. The number of ketones is 1. The first-order valence-corrected chi connectivity index (χ1v) is 8.99. The largest absolute Gasteiger partial charge is 0.295 e. The molecule has 0 amide bonds. The van der Waals surface area contributed by atoms with E-state index in [1.54, 1.807) is 36.4 Å². The molecule has 0 aliphatic carbocycles. The summed E-state index contributed by atoms with van der Waals surface area (Å²) in [6.45, 7) is 5.85. The minimum atomic E-state index is -3.47. The number of benzene rings is 2. The summed E-state index contributed by atoms with van der Waals surface area (Å²) in [5.41, 5.74) is 2.50. The van der Waals surface area contributed by atoms with Crippen LogP contribution in [0.1, 0.15) is 31.1 Å². The van der Waals surface area contributed by atoms with E-state index in [0.29, 0.717) is 12.1 Å². The molecule has 0 bridgehead atoms. The van der Waals surface area contributed by atoms with Gasteiger partial charge in [-0.25, -0.2) is 13.1 Å². The Labute approximate surface area is 137 Å². The molecule has 0 aromatic heterocycles. The van der Waals surface area contributed by atoms with Gasteiger partial charge in [0.05, 0.1) is 4.90 Å². The molecule has 23 heavy (non-hydrogen) atoms. The van der Waals surface area contributed by atoms with Gasteiger partial charge < -0.3 is 0 Å². The van der Waals surface area contributed by atoms with Crippen molar-refractivity contribution in [2.45, 2.75) is 25.7 Å². The number of hydrogen-bond acceptors (Lipinski definition) is 3. The zero-order valence-corrected chi connectivity index (χ0v) is 14.4. The highest BCUT2D eigenvalue weighted by molar-refractivity contribution is 7.89. The van der Waals surface area contributed by atoms with Crippen molar-refractivity contribution in [3.05, 3.63) is 54.1 Å². The molecule has 0 atom stereocenters. The summed E-state index contributed by atoms with van der Waals surface area (Å²) in [4.78, 5) is 11.5. The van der Waals surface area contributed by atoms with Gasteiger partial charge in [-0.2, -0.15) is 0 Å². The molecule has 0 heterocycles. The maximum atomic E-state index is 12.2. The maximum Gasteiger partial charge on any atom is 0.240 e. The first kappa shape index (κ1) is 17.4. The van der Waals surface area contributed by atoms with Crippen molar-refractivity contribution in [3.63, 3.8) is 0 Å². The van der Waals surface area contributed by atoms with Gasteiger partial charge in [-0.1, -0.05) is 50.2 Å². The standard InChI is InChI=1S/C18H21NO3S/c1-13(2)12-19-23(21,22)18-10-8-17(9-11-18)16-6-4-15(5-7-16)14(3)20/h4-11,13,19H,12H2,1-3H3. The third kappa shape index (κ3) is 4.50. The van der Waals surface area contributed by atoms with E-state index in [2.05, 4.69) is 4.72 Å². The van der Waals surface area contributed by atoms with Crippen LogP contribution in [0.3, 0.4) is 0 Å². The molecule has 0 spiro atoms. The van der Waals surface area contributed by atoms with Gasteiger partial charge in [0.25, 0.3) is 0 Å². The van der Waals surface area contributed by atoms with Crippen molar-refractivity contribution in [3.8, 4) is 11.1 Å². The summed E-state index contributed by atoms with van der Waals surface area (Å²) in [6, 6.07) is 14.0. The first-order chi connectivity index (χ1) is 10.8. The number of carbonyl (C=O) groups is 1. The molecule has 0 aliphatic heterocycles. The lowest BCUT2D eigenvalue weighted by Gasteiger charge is -2.09. The van der Waals surface area contributed by atoms with Crippen LogP contribution in [-0.4, -0.2) is 20.7 Å². The average molecular weight is 331 g/mol. The topological polar surface area (TPSA) is 63.2 Å². The third-order valence-corrected chi connectivity index (χ3v) is 4.91. The zero-order chi connectivity index (χ0) is 17.0. The van der Waals surface area contributed by atoms with E-state index < -0.39 is 10.0 Å². The highest BCUT2D eigenvalue weighted by Gasteiger charge is 2.14. The Morgan fingerprint density at radius 2 is 1.43 bits per heavy atom. The molecule has 5 heteroatoms. The fourth-order valence-corrected chi connectivity index (χ4v) is 3.30. The number of nitrogens with one attached hydrogen (secondary N) is 1. The average Bonchev–Trinajstić information content (AvgIpc) is 2.53. The van der Waals surface area contributed by atoms with Gasteiger partial charge >= 0.3 is 0 Å². The van der Waals surface area contributed by atoms with Crippen LogP contribution in [0.25, 0.3) is 11.1 Å². The summed E-state index contributed by atoms with van der Waals surface area (Å²) in [5, 5.41) is 0. The summed E-state index contributed by atoms with van der Waals surface area (Å²) in [6.07, 6.45) is 0. The molecule has 0 aliphatic rings. The molecule has 0 saturated heterocycles. The van der Waals surface area contributed by atoms with E-state index in [-0.39, 0.29) is 16.6 Å². The quantitative estimate of drug-likeness (QED) is 0.824. The fourth-order valence-electron chi connectivity index (χ4n) is 2.08. The summed E-state index contributed by atoms with van der Waals surface area (Å²) >= 11 is 0. The number of rotatable bonds is 6. The Morgan fingerprint density at radius 1 is 0.957 bits per heavy atom. The lowest BCUT2D eigenvalue weighted by molar-refractivity contribution is 0.101. The molecule has 2 aromatic rings. The van der Waals surface area contributed by atoms with Crippen LogP contribution in [0.4, 0.5) is 0 Å². The van der Waals surface area contributed by atoms with Crippen LogP contribution in [0, 0.1) is 5.92 Å². The third-order valence-electron chi connectivity index (χ3n) is 3.47. The first-order valence-electron chi connectivity index (χ1n) is 7.50. The van der Waals surface area contributed by atoms with Gasteiger partial charge in [-0.05, 0) is 36.1 Å². The molecule has 2 aromatic carbocycles. The van der Waals surface area contributed by atoms with Crippen molar-refractivity contribution in [2.75, 3.05) is 6.54 Å². The zero-order valence-electron chi connectivity index (χ0n) is 13.5. The Bertz CT molecular complexity index is 776. The van der Waals surface area contributed by atoms with Crippen LogP contribution in [0.2, 0.25) is 0 Å². The van der Waals surface area contributed by atoms with Crippen LogP contribution in [-0.2, 0) is 10.0 Å². The second kappa shape index (κ2) is 7.06. The highest BCUT2D eigenvalue weighted by atomic mass is 32.2. The van der Waals surface area contributed by atoms with Crippen molar-refractivity contribution in [1.82, 2.24) is 4.72 Å². The minimum Gasteiger partial charge on any atom is -0.295 e. The van der Waals surface area contributed by atoms with Gasteiger partial charge in [0, 0.05) is 12.1 Å². The molecule has 0 radical (unpaired) electrons. The second-order valence-corrected chi connectivity index (χ2v) is 7.67. The molecule has 0 fully saturated rings. The van der Waals surface area contributed by atoms with Gasteiger partial charge in [0.1, 0.15) is 0 Å². The van der Waals surface area contributed by atoms with E-state index in [0.717, 1.165) is 11.1 Å². The number of sulfonamides is 1. The smallest absolute Gasteiger partial charge is 0.240 e. The van der Waals surface area contributed by atoms with Gasteiger partial charge in [0.2, 0.25) is 10.0 Å². The van der Waals surface area contributed by atoms with E-state index >= 15 is 0 Å².